The summed E-state index contributed by atoms with van der Waals surface area (Å²) in [7, 11) is 0. The highest BCUT2D eigenvalue weighted by Gasteiger charge is 2.43. The molecule has 3 aromatic heterocycles. The molecule has 1 amide bonds. The fourth-order valence-corrected chi connectivity index (χ4v) is 6.74. The van der Waals surface area contributed by atoms with Gasteiger partial charge in [0.1, 0.15) is 28.7 Å². The number of carbonyl (C=O) groups is 1. The summed E-state index contributed by atoms with van der Waals surface area (Å²) in [5.41, 5.74) is 3.75. The number of hydrogen-bond donors (Lipinski definition) is 2. The predicted molar refractivity (Wildman–Crippen MR) is 160 cm³/mol. The normalized spacial score (nSPS) is 19.0. The Morgan fingerprint density at radius 1 is 1.07 bits per heavy atom. The summed E-state index contributed by atoms with van der Waals surface area (Å²) in [5.74, 6) is 2.40. The molecule has 0 spiro atoms. The molecular weight excluding hydrogens is 520 g/mol. The quantitative estimate of drug-likeness (QED) is 0.317. The number of fused-ring (bicyclic) bond motifs is 1. The van der Waals surface area contributed by atoms with Crippen LogP contribution in [0.3, 0.4) is 0 Å². The van der Waals surface area contributed by atoms with Crippen molar-refractivity contribution in [3.05, 3.63) is 34.7 Å². The van der Waals surface area contributed by atoms with Gasteiger partial charge >= 0.3 is 0 Å². The maximum Gasteiger partial charge on any atom is 0.235 e. The molecule has 1 saturated heterocycles. The molecule has 5 heterocycles. The van der Waals surface area contributed by atoms with Crippen LogP contribution in [0.25, 0.3) is 10.7 Å². The third-order valence-corrected chi connectivity index (χ3v) is 9.47. The maximum atomic E-state index is 12.6. The van der Waals surface area contributed by atoms with Crippen LogP contribution in [0.2, 0.25) is 0 Å². The summed E-state index contributed by atoms with van der Waals surface area (Å²) in [5, 5.41) is 17.7. The van der Waals surface area contributed by atoms with Gasteiger partial charge in [0.05, 0.1) is 22.4 Å². The van der Waals surface area contributed by atoms with Crippen molar-refractivity contribution >= 4 is 34.6 Å². The highest BCUT2D eigenvalue weighted by Crippen LogP contribution is 2.44. The van der Waals surface area contributed by atoms with Gasteiger partial charge in [-0.05, 0) is 69.9 Å². The minimum absolute atomic E-state index is 0.0242. The Bertz CT molecular complexity index is 1400. The molecule has 0 radical (unpaired) electrons. The van der Waals surface area contributed by atoms with E-state index in [-0.39, 0.29) is 5.91 Å². The molecule has 1 aliphatic carbocycles. The third-order valence-electron chi connectivity index (χ3n) is 8.36. The SMILES string of the molecule is CC(C)(C)CCCNc1ccc(-c2nnc(C3CC3)s2)nc1C1CCN(c2ncnc3c2C(C)(C)C(=O)N3)CC1. The lowest BCUT2D eigenvalue weighted by molar-refractivity contribution is -0.119. The Labute approximate surface area is 240 Å². The van der Waals surface area contributed by atoms with E-state index in [1.165, 1.54) is 19.3 Å². The van der Waals surface area contributed by atoms with Crippen molar-refractivity contribution in [3.8, 4) is 10.7 Å². The molecule has 2 fully saturated rings. The number of aromatic nitrogens is 5. The summed E-state index contributed by atoms with van der Waals surface area (Å²) in [6.45, 7) is 13.4. The van der Waals surface area contributed by atoms with Gasteiger partial charge in [0, 0.05) is 31.5 Å². The van der Waals surface area contributed by atoms with E-state index >= 15 is 0 Å². The van der Waals surface area contributed by atoms with Gasteiger partial charge in [0.25, 0.3) is 0 Å². The van der Waals surface area contributed by atoms with Gasteiger partial charge < -0.3 is 15.5 Å². The Hall–Kier alpha value is -3.14. The van der Waals surface area contributed by atoms with Crippen LogP contribution >= 0.6 is 11.3 Å². The van der Waals surface area contributed by atoms with Crippen LogP contribution in [0.4, 0.5) is 17.3 Å². The van der Waals surface area contributed by atoms with E-state index in [4.69, 9.17) is 4.98 Å². The molecule has 2 aliphatic heterocycles. The first-order chi connectivity index (χ1) is 19.1. The van der Waals surface area contributed by atoms with Crippen LogP contribution in [0.5, 0.6) is 0 Å². The number of hydrogen-bond acceptors (Lipinski definition) is 9. The fraction of sp³-hybridized carbons (Fsp3) is 0.600. The Kier molecular flexibility index (Phi) is 7.01. The van der Waals surface area contributed by atoms with Crippen molar-refractivity contribution in [3.63, 3.8) is 0 Å². The molecule has 9 nitrogen and oxygen atoms in total. The van der Waals surface area contributed by atoms with Gasteiger partial charge in [-0.3, -0.25) is 4.79 Å². The van der Waals surface area contributed by atoms with Gasteiger partial charge in [0.15, 0.2) is 5.01 Å². The van der Waals surface area contributed by atoms with Gasteiger partial charge in [-0.15, -0.1) is 10.2 Å². The average molecular weight is 561 g/mol. The summed E-state index contributed by atoms with van der Waals surface area (Å²) in [6, 6.07) is 4.29. The monoisotopic (exact) mass is 560 g/mol. The summed E-state index contributed by atoms with van der Waals surface area (Å²) in [6.07, 6.45) is 8.20. The van der Waals surface area contributed by atoms with Crippen LogP contribution in [0, 0.1) is 5.41 Å². The first-order valence-electron chi connectivity index (χ1n) is 14.6. The van der Waals surface area contributed by atoms with E-state index in [0.717, 1.165) is 77.4 Å². The number of carbonyl (C=O) groups excluding carboxylic acids is 1. The zero-order chi connectivity index (χ0) is 28.1. The van der Waals surface area contributed by atoms with Gasteiger partial charge in [-0.1, -0.05) is 32.1 Å². The number of piperidine rings is 1. The molecule has 0 atom stereocenters. The van der Waals surface area contributed by atoms with Crippen molar-refractivity contribution in [2.75, 3.05) is 35.2 Å². The van der Waals surface area contributed by atoms with Crippen LogP contribution in [0.1, 0.15) is 101 Å². The van der Waals surface area contributed by atoms with E-state index in [2.05, 4.69) is 68.6 Å². The van der Waals surface area contributed by atoms with E-state index in [0.29, 0.717) is 23.1 Å². The number of rotatable bonds is 8. The molecule has 3 aliphatic rings. The molecule has 0 bridgehead atoms. The van der Waals surface area contributed by atoms with Crippen LogP contribution in [-0.4, -0.2) is 50.7 Å². The molecule has 6 rings (SSSR count). The van der Waals surface area contributed by atoms with Gasteiger partial charge in [0.2, 0.25) is 5.91 Å². The Morgan fingerprint density at radius 3 is 2.58 bits per heavy atom. The second kappa shape index (κ2) is 10.4. The highest BCUT2D eigenvalue weighted by atomic mass is 32.1. The average Bonchev–Trinajstić information content (AvgIpc) is 3.60. The zero-order valence-electron chi connectivity index (χ0n) is 24.3. The lowest BCUT2D eigenvalue weighted by atomic mass is 9.86. The van der Waals surface area contributed by atoms with Crippen LogP contribution in [-0.2, 0) is 10.2 Å². The summed E-state index contributed by atoms with van der Waals surface area (Å²) in [4.78, 5) is 29.1. The number of pyridine rings is 1. The minimum atomic E-state index is -0.649. The molecule has 212 valence electrons. The van der Waals surface area contributed by atoms with Gasteiger partial charge in [-0.25, -0.2) is 15.0 Å². The Morgan fingerprint density at radius 2 is 1.85 bits per heavy atom. The molecule has 1 saturated carbocycles. The summed E-state index contributed by atoms with van der Waals surface area (Å²) < 4.78 is 0. The minimum Gasteiger partial charge on any atom is -0.384 e. The number of nitrogens with zero attached hydrogens (tertiary/aromatic N) is 6. The van der Waals surface area contributed by atoms with E-state index in [9.17, 15) is 4.79 Å². The zero-order valence-corrected chi connectivity index (χ0v) is 25.1. The standard InChI is InChI=1S/C30H40N8OS/c1-29(2,3)13-6-14-31-20-9-10-21(27-37-36-26(40-27)19-7-8-19)34-23(20)18-11-15-38(16-12-18)25-22-24(32-17-33-25)35-28(39)30(22,4)5/h9-10,17-19,31H,6-8,11-16H2,1-5H3,(H,32,33,35,39). The molecule has 0 aromatic carbocycles. The smallest absolute Gasteiger partial charge is 0.235 e. The molecule has 40 heavy (non-hydrogen) atoms. The Balaban J connectivity index is 1.22. The van der Waals surface area contributed by atoms with E-state index in [1.807, 2.05) is 13.8 Å². The van der Waals surface area contributed by atoms with Crippen molar-refractivity contribution in [1.82, 2.24) is 25.1 Å². The fourth-order valence-electron chi connectivity index (χ4n) is 5.76. The highest BCUT2D eigenvalue weighted by molar-refractivity contribution is 7.14. The van der Waals surface area contributed by atoms with Crippen molar-refractivity contribution in [2.24, 2.45) is 5.41 Å². The molecule has 2 N–H and O–H groups in total. The largest absolute Gasteiger partial charge is 0.384 e. The second-order valence-corrected chi connectivity index (χ2v) is 14.2. The molecule has 3 aromatic rings. The van der Waals surface area contributed by atoms with Crippen LogP contribution in [0.15, 0.2) is 18.5 Å². The molecule has 0 unspecified atom stereocenters. The van der Waals surface area contributed by atoms with Crippen LogP contribution < -0.4 is 15.5 Å². The van der Waals surface area contributed by atoms with E-state index < -0.39 is 5.41 Å². The maximum absolute atomic E-state index is 12.6. The number of nitrogens with one attached hydrogen (secondary N) is 2. The third kappa shape index (κ3) is 5.42. The predicted octanol–water partition coefficient (Wildman–Crippen LogP) is 6.12. The topological polar surface area (TPSA) is 109 Å². The van der Waals surface area contributed by atoms with Crippen molar-refractivity contribution in [2.45, 2.75) is 90.4 Å². The molecule has 10 heteroatoms. The van der Waals surface area contributed by atoms with Crippen molar-refractivity contribution in [1.29, 1.82) is 0 Å². The summed E-state index contributed by atoms with van der Waals surface area (Å²) >= 11 is 1.69. The first-order valence-corrected chi connectivity index (χ1v) is 15.4. The lowest BCUT2D eigenvalue weighted by Crippen LogP contribution is -2.36. The molecular formula is C30H40N8OS. The number of amides is 1. The lowest BCUT2D eigenvalue weighted by Gasteiger charge is -2.35. The second-order valence-electron chi connectivity index (χ2n) is 13.2. The number of anilines is 3. The van der Waals surface area contributed by atoms with Crippen molar-refractivity contribution < 1.29 is 4.79 Å². The van der Waals surface area contributed by atoms with E-state index in [1.54, 1.807) is 17.7 Å². The van der Waals surface area contributed by atoms with Gasteiger partial charge in [-0.2, -0.15) is 0 Å². The first kappa shape index (κ1) is 27.1.